The van der Waals surface area contributed by atoms with Crippen molar-refractivity contribution in [2.24, 2.45) is 0 Å². The predicted molar refractivity (Wildman–Crippen MR) is 34.5 cm³/mol. The van der Waals surface area contributed by atoms with Crippen molar-refractivity contribution >= 4 is 0 Å². The fourth-order valence-electron chi connectivity index (χ4n) is 0.557. The molecule has 0 spiro atoms. The molecule has 0 atom stereocenters. The first kappa shape index (κ1) is 5.18. The van der Waals surface area contributed by atoms with Gasteiger partial charge in [-0.15, -0.1) is 11.5 Å². The molecule has 0 aliphatic heterocycles. The fraction of sp³-hybridized carbons (Fsp3) is 0.250. The van der Waals surface area contributed by atoms with Gasteiger partial charge < -0.3 is 0 Å². The lowest BCUT2D eigenvalue weighted by molar-refractivity contribution is 1.34. The first-order valence-electron chi connectivity index (χ1n) is 2.79. The summed E-state index contributed by atoms with van der Waals surface area (Å²) in [6.07, 6.45) is 9.93. The fourth-order valence-corrected chi connectivity index (χ4v) is 0.557. The number of hydrogen-bond donors (Lipinski definition) is 0. The zero-order valence-electron chi connectivity index (χ0n) is 4.72. The van der Waals surface area contributed by atoms with Crippen LogP contribution in [0.3, 0.4) is 0 Å². The molecule has 1 rings (SSSR count). The second-order valence-corrected chi connectivity index (χ2v) is 1.62. The van der Waals surface area contributed by atoms with E-state index in [9.17, 15) is 0 Å². The molecule has 0 unspecified atom stereocenters. The van der Waals surface area contributed by atoms with Crippen molar-refractivity contribution in [3.63, 3.8) is 0 Å². The minimum absolute atomic E-state index is 0.965. The molecule has 0 aromatic rings. The second-order valence-electron chi connectivity index (χ2n) is 1.62. The average Bonchev–Trinajstić information content (AvgIpc) is 1.62. The Kier molecular flexibility index (Phi) is 2.01. The maximum absolute atomic E-state index is 3.03. The van der Waals surface area contributed by atoms with Gasteiger partial charge >= 0.3 is 0 Å². The van der Waals surface area contributed by atoms with Crippen LogP contribution in [-0.2, 0) is 0 Å². The summed E-state index contributed by atoms with van der Waals surface area (Å²) in [6, 6.07) is 0. The third-order valence-corrected chi connectivity index (χ3v) is 0.943. The van der Waals surface area contributed by atoms with Crippen molar-refractivity contribution in [3.05, 3.63) is 35.8 Å². The Morgan fingerprint density at radius 3 is 1.50 bits per heavy atom. The SMILES string of the molecule is C1=CCC=C=CCC=1. The second kappa shape index (κ2) is 3.10. The number of hydrogen-bond acceptors (Lipinski definition) is 0. The largest absolute Gasteiger partial charge is 0.129 e. The standard InChI is InChI=1S/C8H8/c1-2-4-6-8-7-5-3-1/h1,4-5,8H,2,7H2. The molecule has 0 saturated carbocycles. The molecular formula is C8H8. The molecule has 0 saturated heterocycles. The van der Waals surface area contributed by atoms with Crippen LogP contribution >= 0.6 is 0 Å². The Balaban J connectivity index is 2.67. The van der Waals surface area contributed by atoms with Crippen molar-refractivity contribution in [2.45, 2.75) is 12.8 Å². The molecule has 1 aliphatic rings. The van der Waals surface area contributed by atoms with E-state index in [-0.39, 0.29) is 0 Å². The lowest BCUT2D eigenvalue weighted by atomic mass is 10.3. The molecule has 0 heteroatoms. The van der Waals surface area contributed by atoms with Crippen LogP contribution in [0.4, 0.5) is 0 Å². The van der Waals surface area contributed by atoms with E-state index in [1.54, 1.807) is 0 Å². The first-order chi connectivity index (χ1) is 4.00. The van der Waals surface area contributed by atoms with Gasteiger partial charge in [-0.2, -0.15) is 0 Å². The maximum atomic E-state index is 3.03. The van der Waals surface area contributed by atoms with Crippen molar-refractivity contribution in [2.75, 3.05) is 0 Å². The summed E-state index contributed by atoms with van der Waals surface area (Å²) < 4.78 is 0. The molecule has 0 amide bonds. The normalized spacial score (nSPS) is 16.0. The number of allylic oxidation sites excluding steroid dienone is 2. The summed E-state index contributed by atoms with van der Waals surface area (Å²) in [7, 11) is 0. The van der Waals surface area contributed by atoms with Gasteiger partial charge in [-0.1, -0.05) is 0 Å². The Bertz CT molecular complexity index is 138. The van der Waals surface area contributed by atoms with E-state index in [2.05, 4.69) is 11.5 Å². The van der Waals surface area contributed by atoms with Crippen LogP contribution in [0.2, 0.25) is 0 Å². The monoisotopic (exact) mass is 104 g/mol. The molecule has 0 nitrogen and oxygen atoms in total. The van der Waals surface area contributed by atoms with Crippen LogP contribution < -0.4 is 0 Å². The molecule has 0 radical (unpaired) electrons. The highest BCUT2D eigenvalue weighted by Gasteiger charge is 1.70. The van der Waals surface area contributed by atoms with Crippen molar-refractivity contribution in [1.29, 1.82) is 0 Å². The van der Waals surface area contributed by atoms with Crippen molar-refractivity contribution < 1.29 is 0 Å². The van der Waals surface area contributed by atoms with Gasteiger partial charge in [0.1, 0.15) is 0 Å². The van der Waals surface area contributed by atoms with Gasteiger partial charge in [0.2, 0.25) is 0 Å². The van der Waals surface area contributed by atoms with Crippen LogP contribution in [-0.4, -0.2) is 0 Å². The van der Waals surface area contributed by atoms with Gasteiger partial charge in [0, 0.05) is 0 Å². The molecule has 40 valence electrons. The lowest BCUT2D eigenvalue weighted by Crippen LogP contribution is -1.58. The molecular weight excluding hydrogens is 96.1 g/mol. The molecule has 0 N–H and O–H groups in total. The third-order valence-electron chi connectivity index (χ3n) is 0.943. The Hall–Kier alpha value is -0.960. The Morgan fingerprint density at radius 2 is 1.12 bits per heavy atom. The van der Waals surface area contributed by atoms with Gasteiger partial charge in [0.05, 0.1) is 0 Å². The highest BCUT2D eigenvalue weighted by atomic mass is 13.7. The highest BCUT2D eigenvalue weighted by molar-refractivity contribution is 5.00. The van der Waals surface area contributed by atoms with Gasteiger partial charge in [0.25, 0.3) is 0 Å². The summed E-state index contributed by atoms with van der Waals surface area (Å²) in [5.41, 5.74) is 6.07. The van der Waals surface area contributed by atoms with E-state index in [1.165, 1.54) is 0 Å². The van der Waals surface area contributed by atoms with E-state index in [4.69, 9.17) is 0 Å². The maximum Gasteiger partial charge on any atom is -0.00170 e. The molecule has 8 heavy (non-hydrogen) atoms. The van der Waals surface area contributed by atoms with Gasteiger partial charge in [-0.05, 0) is 37.1 Å². The van der Waals surface area contributed by atoms with Gasteiger partial charge in [-0.25, -0.2) is 0 Å². The molecule has 0 bridgehead atoms. The lowest BCUT2D eigenvalue weighted by Gasteiger charge is -1.77. The van der Waals surface area contributed by atoms with E-state index in [0.29, 0.717) is 0 Å². The quantitative estimate of drug-likeness (QED) is 0.413. The van der Waals surface area contributed by atoms with Gasteiger partial charge in [-0.3, -0.25) is 0 Å². The van der Waals surface area contributed by atoms with E-state index >= 15 is 0 Å². The van der Waals surface area contributed by atoms with E-state index in [1.807, 2.05) is 24.3 Å². The van der Waals surface area contributed by atoms with Crippen LogP contribution in [0.5, 0.6) is 0 Å². The Labute approximate surface area is 49.5 Å². The summed E-state index contributed by atoms with van der Waals surface area (Å²) in [5, 5.41) is 0. The molecule has 1 aliphatic carbocycles. The van der Waals surface area contributed by atoms with Crippen LogP contribution in [0, 0.1) is 0 Å². The van der Waals surface area contributed by atoms with Crippen molar-refractivity contribution in [1.82, 2.24) is 0 Å². The van der Waals surface area contributed by atoms with Gasteiger partial charge in [0.15, 0.2) is 0 Å². The summed E-state index contributed by atoms with van der Waals surface area (Å²) in [6.45, 7) is 0. The van der Waals surface area contributed by atoms with Crippen LogP contribution in [0.15, 0.2) is 35.8 Å². The third kappa shape index (κ3) is 1.66. The molecule has 0 heterocycles. The van der Waals surface area contributed by atoms with E-state index < -0.39 is 0 Å². The summed E-state index contributed by atoms with van der Waals surface area (Å²) in [4.78, 5) is 0. The Morgan fingerprint density at radius 1 is 0.750 bits per heavy atom. The zero-order valence-corrected chi connectivity index (χ0v) is 4.72. The smallest absolute Gasteiger partial charge is 0.00170 e. The van der Waals surface area contributed by atoms with E-state index in [0.717, 1.165) is 12.8 Å². The average molecular weight is 104 g/mol. The topological polar surface area (TPSA) is 0 Å². The molecule has 0 fully saturated rings. The minimum atomic E-state index is 0.965. The van der Waals surface area contributed by atoms with Crippen LogP contribution in [0.25, 0.3) is 0 Å². The van der Waals surface area contributed by atoms with Crippen molar-refractivity contribution in [3.8, 4) is 0 Å². The molecule has 0 aromatic heterocycles. The van der Waals surface area contributed by atoms with Crippen LogP contribution in [0.1, 0.15) is 12.8 Å². The minimum Gasteiger partial charge on any atom is -0.129 e. The highest BCUT2D eigenvalue weighted by Crippen LogP contribution is 1.89. The summed E-state index contributed by atoms with van der Waals surface area (Å²) >= 11 is 0. The predicted octanol–water partition coefficient (Wildman–Crippen LogP) is 2.20. The molecule has 0 aromatic carbocycles. The summed E-state index contributed by atoms with van der Waals surface area (Å²) in [5.74, 6) is 0. The number of rotatable bonds is 0. The first-order valence-corrected chi connectivity index (χ1v) is 2.79. The zero-order chi connectivity index (χ0) is 5.66.